The van der Waals surface area contributed by atoms with Crippen LogP contribution in [-0.4, -0.2) is 37.4 Å². The molecule has 1 N–H and O–H groups in total. The van der Waals surface area contributed by atoms with Crippen LogP contribution >= 0.6 is 0 Å². The van der Waals surface area contributed by atoms with Gasteiger partial charge in [0, 0.05) is 18.5 Å². The first-order chi connectivity index (χ1) is 11.1. The molecule has 0 amide bonds. The zero-order chi connectivity index (χ0) is 15.6. The van der Waals surface area contributed by atoms with Gasteiger partial charge in [-0.3, -0.25) is 0 Å². The van der Waals surface area contributed by atoms with Crippen molar-refractivity contribution in [2.75, 3.05) is 13.3 Å². The van der Waals surface area contributed by atoms with Crippen molar-refractivity contribution in [2.45, 2.75) is 50.2 Å². The lowest BCUT2D eigenvalue weighted by Crippen LogP contribution is -2.36. The number of nitrogens with one attached hydrogen (secondary N) is 1. The molecular weight excluding hydrogens is 294 g/mol. The molecule has 0 spiro atoms. The van der Waals surface area contributed by atoms with Gasteiger partial charge >= 0.3 is 0 Å². The third kappa shape index (κ3) is 2.18. The van der Waals surface area contributed by atoms with Gasteiger partial charge in [0.15, 0.2) is 17.3 Å². The third-order valence-electron chi connectivity index (χ3n) is 5.22. The van der Waals surface area contributed by atoms with E-state index in [4.69, 9.17) is 18.9 Å². The Labute approximate surface area is 135 Å². The standard InChI is InChI=1S/C18H21NO4/c1-18(2)22-16-6-11-12(8-19-13(11)7-17(16)23-18)10-3-4-14-15(5-10)21-9-20-14/h3-6,12-13,16-17,19H,7-9H2,1-2H3/t12-,13-,16-,17+/m0/s1. The number of fused-ring (bicyclic) bond motifs is 3. The Bertz CT molecular complexity index is 684. The van der Waals surface area contributed by atoms with Crippen molar-refractivity contribution >= 4 is 0 Å². The molecule has 1 aromatic rings. The van der Waals surface area contributed by atoms with Crippen LogP contribution in [0.2, 0.25) is 0 Å². The van der Waals surface area contributed by atoms with E-state index in [1.807, 2.05) is 19.9 Å². The molecule has 23 heavy (non-hydrogen) atoms. The summed E-state index contributed by atoms with van der Waals surface area (Å²) in [6.45, 7) is 5.24. The number of hydrogen-bond donors (Lipinski definition) is 1. The van der Waals surface area contributed by atoms with E-state index < -0.39 is 5.79 Å². The maximum Gasteiger partial charge on any atom is 0.231 e. The fraction of sp³-hybridized carbons (Fsp3) is 0.556. The van der Waals surface area contributed by atoms with Crippen LogP contribution in [0.25, 0.3) is 0 Å². The van der Waals surface area contributed by atoms with E-state index in [1.165, 1.54) is 11.1 Å². The second-order valence-corrected chi connectivity index (χ2v) is 7.17. The first kappa shape index (κ1) is 13.8. The van der Waals surface area contributed by atoms with E-state index in [0.717, 1.165) is 24.5 Å². The van der Waals surface area contributed by atoms with E-state index in [0.29, 0.717) is 18.8 Å². The minimum absolute atomic E-state index is 0.0626. The summed E-state index contributed by atoms with van der Waals surface area (Å²) < 4.78 is 23.0. The monoisotopic (exact) mass is 315 g/mol. The normalized spacial score (nSPS) is 36.5. The van der Waals surface area contributed by atoms with Gasteiger partial charge in [0.1, 0.15) is 6.10 Å². The molecule has 4 atom stereocenters. The van der Waals surface area contributed by atoms with Crippen molar-refractivity contribution in [1.82, 2.24) is 5.32 Å². The Morgan fingerprint density at radius 3 is 2.91 bits per heavy atom. The van der Waals surface area contributed by atoms with Gasteiger partial charge in [-0.25, -0.2) is 0 Å². The van der Waals surface area contributed by atoms with E-state index in [-0.39, 0.29) is 12.2 Å². The predicted octanol–water partition coefficient (Wildman–Crippen LogP) is 2.32. The number of benzene rings is 1. The second kappa shape index (κ2) is 4.72. The lowest BCUT2D eigenvalue weighted by atomic mass is 9.83. The van der Waals surface area contributed by atoms with Crippen molar-refractivity contribution in [3.63, 3.8) is 0 Å². The van der Waals surface area contributed by atoms with Crippen LogP contribution in [0.15, 0.2) is 29.8 Å². The summed E-state index contributed by atoms with van der Waals surface area (Å²) in [7, 11) is 0. The lowest BCUT2D eigenvalue weighted by molar-refractivity contribution is -0.143. The molecule has 5 nitrogen and oxygen atoms in total. The molecule has 5 heteroatoms. The van der Waals surface area contributed by atoms with Crippen LogP contribution in [-0.2, 0) is 9.47 Å². The maximum atomic E-state index is 6.05. The Morgan fingerprint density at radius 2 is 2.00 bits per heavy atom. The van der Waals surface area contributed by atoms with Crippen molar-refractivity contribution in [2.24, 2.45) is 0 Å². The van der Waals surface area contributed by atoms with Crippen LogP contribution in [0.3, 0.4) is 0 Å². The number of ether oxygens (including phenoxy) is 4. The van der Waals surface area contributed by atoms with Gasteiger partial charge in [-0.15, -0.1) is 0 Å². The van der Waals surface area contributed by atoms with Crippen LogP contribution in [0.5, 0.6) is 11.5 Å². The summed E-state index contributed by atoms with van der Waals surface area (Å²) in [5.74, 6) is 1.56. The van der Waals surface area contributed by atoms with Gasteiger partial charge in [0.05, 0.1) is 6.10 Å². The molecule has 0 bridgehead atoms. The fourth-order valence-electron chi connectivity index (χ4n) is 4.24. The van der Waals surface area contributed by atoms with Gasteiger partial charge < -0.3 is 24.3 Å². The molecule has 2 fully saturated rings. The minimum Gasteiger partial charge on any atom is -0.454 e. The first-order valence-corrected chi connectivity index (χ1v) is 8.29. The van der Waals surface area contributed by atoms with Crippen LogP contribution in [0.1, 0.15) is 31.7 Å². The maximum absolute atomic E-state index is 6.05. The molecule has 122 valence electrons. The van der Waals surface area contributed by atoms with Crippen LogP contribution < -0.4 is 14.8 Å². The predicted molar refractivity (Wildman–Crippen MR) is 83.6 cm³/mol. The first-order valence-electron chi connectivity index (χ1n) is 8.29. The summed E-state index contributed by atoms with van der Waals surface area (Å²) in [5, 5.41) is 3.64. The average molecular weight is 315 g/mol. The molecule has 1 aliphatic carbocycles. The zero-order valence-corrected chi connectivity index (χ0v) is 13.4. The summed E-state index contributed by atoms with van der Waals surface area (Å²) in [6.07, 6.45) is 3.47. The van der Waals surface area contributed by atoms with Crippen molar-refractivity contribution < 1.29 is 18.9 Å². The largest absolute Gasteiger partial charge is 0.454 e. The Kier molecular flexibility index (Phi) is 2.84. The average Bonchev–Trinajstić information content (AvgIpc) is 3.18. The minimum atomic E-state index is -0.487. The topological polar surface area (TPSA) is 49.0 Å². The molecule has 0 aromatic heterocycles. The zero-order valence-electron chi connectivity index (χ0n) is 13.4. The molecule has 0 saturated carbocycles. The van der Waals surface area contributed by atoms with Crippen molar-refractivity contribution in [3.8, 4) is 11.5 Å². The number of hydrogen-bond acceptors (Lipinski definition) is 5. The smallest absolute Gasteiger partial charge is 0.231 e. The Hall–Kier alpha value is -1.56. The highest BCUT2D eigenvalue weighted by atomic mass is 16.7. The highest BCUT2D eigenvalue weighted by Crippen LogP contribution is 2.44. The second-order valence-electron chi connectivity index (χ2n) is 7.17. The molecule has 3 aliphatic heterocycles. The molecule has 2 saturated heterocycles. The summed E-state index contributed by atoms with van der Waals surface area (Å²) in [5.41, 5.74) is 2.69. The van der Waals surface area contributed by atoms with E-state index in [2.05, 4.69) is 23.5 Å². The van der Waals surface area contributed by atoms with Gasteiger partial charge in [-0.2, -0.15) is 0 Å². The Morgan fingerprint density at radius 1 is 1.13 bits per heavy atom. The van der Waals surface area contributed by atoms with Crippen LogP contribution in [0.4, 0.5) is 0 Å². The number of rotatable bonds is 1. The summed E-state index contributed by atoms with van der Waals surface area (Å²) >= 11 is 0. The SMILES string of the molecule is CC1(C)O[C@H]2C=C3[C@H](C[C@H]2O1)NC[C@H]3c1ccc2c(c1)OCO2. The highest BCUT2D eigenvalue weighted by molar-refractivity contribution is 5.48. The molecule has 1 aromatic carbocycles. The van der Waals surface area contributed by atoms with Crippen molar-refractivity contribution in [1.29, 1.82) is 0 Å². The third-order valence-corrected chi connectivity index (χ3v) is 5.22. The molecular formula is C18H21NO4. The molecule has 3 heterocycles. The molecule has 4 aliphatic rings. The lowest BCUT2D eigenvalue weighted by Gasteiger charge is -2.27. The summed E-state index contributed by atoms with van der Waals surface area (Å²) in [6, 6.07) is 6.64. The Balaban J connectivity index is 1.47. The molecule has 0 unspecified atom stereocenters. The quantitative estimate of drug-likeness (QED) is 0.806. The van der Waals surface area contributed by atoms with Gasteiger partial charge in [0.25, 0.3) is 0 Å². The van der Waals surface area contributed by atoms with Crippen molar-refractivity contribution in [3.05, 3.63) is 35.4 Å². The van der Waals surface area contributed by atoms with Gasteiger partial charge in [0.2, 0.25) is 6.79 Å². The van der Waals surface area contributed by atoms with E-state index in [9.17, 15) is 0 Å². The fourth-order valence-corrected chi connectivity index (χ4v) is 4.24. The van der Waals surface area contributed by atoms with Gasteiger partial charge in [-0.1, -0.05) is 12.1 Å². The van der Waals surface area contributed by atoms with Crippen LogP contribution in [0, 0.1) is 0 Å². The van der Waals surface area contributed by atoms with E-state index in [1.54, 1.807) is 0 Å². The van der Waals surface area contributed by atoms with E-state index >= 15 is 0 Å². The van der Waals surface area contributed by atoms with Gasteiger partial charge in [-0.05, 0) is 43.5 Å². The molecule has 5 rings (SSSR count). The summed E-state index contributed by atoms with van der Waals surface area (Å²) in [4.78, 5) is 0. The molecule has 0 radical (unpaired) electrons. The highest BCUT2D eigenvalue weighted by Gasteiger charge is 2.47.